The average Bonchev–Trinajstić information content (AvgIpc) is 2.60. The van der Waals surface area contributed by atoms with Crippen molar-refractivity contribution in [3.05, 3.63) is 46.5 Å². The van der Waals surface area contributed by atoms with Crippen molar-refractivity contribution in [3.63, 3.8) is 0 Å². The molecule has 0 saturated heterocycles. The van der Waals surface area contributed by atoms with Crippen LogP contribution in [0.25, 0.3) is 0 Å². The molecule has 2 rings (SSSR count). The van der Waals surface area contributed by atoms with Gasteiger partial charge in [-0.15, -0.1) is 0 Å². The second-order valence-corrected chi connectivity index (χ2v) is 6.24. The van der Waals surface area contributed by atoms with Gasteiger partial charge in [0.2, 0.25) is 0 Å². The minimum absolute atomic E-state index is 0.00744. The van der Waals surface area contributed by atoms with Crippen molar-refractivity contribution in [1.29, 1.82) is 0 Å². The van der Waals surface area contributed by atoms with E-state index in [9.17, 15) is 4.79 Å². The van der Waals surface area contributed by atoms with Gasteiger partial charge < -0.3 is 24.6 Å². The quantitative estimate of drug-likeness (QED) is 0.705. The highest BCUT2D eigenvalue weighted by Crippen LogP contribution is 2.35. The zero-order valence-corrected chi connectivity index (χ0v) is 15.9. The number of carboxylic acids is 1. The molecule has 0 spiro atoms. The molecule has 0 saturated carbocycles. The van der Waals surface area contributed by atoms with E-state index >= 15 is 0 Å². The molecule has 0 aromatic heterocycles. The summed E-state index contributed by atoms with van der Waals surface area (Å²) in [5.74, 6) is 0.677. The Kier molecular flexibility index (Phi) is 6.58. The van der Waals surface area contributed by atoms with Crippen LogP contribution in [0.4, 0.5) is 5.69 Å². The number of ether oxygens (including phenoxy) is 3. The molecule has 0 aliphatic rings. The van der Waals surface area contributed by atoms with E-state index in [1.165, 1.54) is 19.2 Å². The van der Waals surface area contributed by atoms with E-state index in [1.54, 1.807) is 25.3 Å². The van der Waals surface area contributed by atoms with Crippen LogP contribution in [-0.4, -0.2) is 31.4 Å². The van der Waals surface area contributed by atoms with Crippen molar-refractivity contribution in [2.75, 3.05) is 19.5 Å². The first-order valence-corrected chi connectivity index (χ1v) is 8.41. The molecule has 2 aromatic rings. The molecule has 0 heterocycles. The fourth-order valence-corrected chi connectivity index (χ4v) is 2.61. The van der Waals surface area contributed by atoms with E-state index < -0.39 is 5.97 Å². The Morgan fingerprint density at radius 3 is 2.38 bits per heavy atom. The Morgan fingerprint density at radius 2 is 1.81 bits per heavy atom. The number of hydrogen-bond donors (Lipinski definition) is 2. The monoisotopic (exact) mass is 379 g/mol. The Balaban J connectivity index is 2.26. The number of aromatic carboxylic acids is 1. The molecule has 26 heavy (non-hydrogen) atoms. The normalized spacial score (nSPS) is 10.5. The average molecular weight is 380 g/mol. The van der Waals surface area contributed by atoms with E-state index in [2.05, 4.69) is 5.32 Å². The summed E-state index contributed by atoms with van der Waals surface area (Å²) < 4.78 is 16.3. The topological polar surface area (TPSA) is 77.0 Å². The predicted molar refractivity (Wildman–Crippen MR) is 101 cm³/mol. The van der Waals surface area contributed by atoms with E-state index in [0.29, 0.717) is 34.5 Å². The molecule has 6 nitrogen and oxygen atoms in total. The third-order valence-corrected chi connectivity index (χ3v) is 3.96. The number of hydrogen-bond acceptors (Lipinski definition) is 5. The van der Waals surface area contributed by atoms with E-state index in [1.807, 2.05) is 13.8 Å². The Hall–Kier alpha value is -2.60. The van der Waals surface area contributed by atoms with Gasteiger partial charge in [0.1, 0.15) is 5.75 Å². The van der Waals surface area contributed by atoms with Crippen LogP contribution in [-0.2, 0) is 6.54 Å². The maximum atomic E-state index is 11.2. The number of benzene rings is 2. The standard InChI is InChI=1S/C19H22ClNO5/c1-11(2)26-18-9-14(20)13(8-17(18)25-4)10-21-15-7-12(19(22)23)5-6-16(15)24-3/h5-9,11,21H,10H2,1-4H3,(H,22,23). The van der Waals surface area contributed by atoms with Crippen LogP contribution in [0.5, 0.6) is 17.2 Å². The second kappa shape index (κ2) is 8.67. The van der Waals surface area contributed by atoms with Gasteiger partial charge in [0, 0.05) is 17.6 Å². The van der Waals surface area contributed by atoms with Crippen LogP contribution < -0.4 is 19.5 Å². The van der Waals surface area contributed by atoms with Crippen molar-refractivity contribution >= 4 is 23.3 Å². The maximum absolute atomic E-state index is 11.2. The van der Waals surface area contributed by atoms with Crippen LogP contribution in [0.1, 0.15) is 29.8 Å². The molecule has 0 aliphatic heterocycles. The van der Waals surface area contributed by atoms with Gasteiger partial charge >= 0.3 is 5.97 Å². The molecule has 0 radical (unpaired) electrons. The second-order valence-electron chi connectivity index (χ2n) is 5.83. The number of halogens is 1. The lowest BCUT2D eigenvalue weighted by atomic mass is 10.1. The van der Waals surface area contributed by atoms with Gasteiger partial charge in [-0.25, -0.2) is 4.79 Å². The number of methoxy groups -OCH3 is 2. The highest BCUT2D eigenvalue weighted by atomic mass is 35.5. The Labute approximate surface area is 157 Å². The summed E-state index contributed by atoms with van der Waals surface area (Å²) in [5, 5.41) is 12.8. The first-order chi connectivity index (χ1) is 12.3. The Bertz CT molecular complexity index is 792. The molecule has 0 amide bonds. The summed E-state index contributed by atoms with van der Waals surface area (Å²) in [6, 6.07) is 8.11. The minimum Gasteiger partial charge on any atom is -0.495 e. The van der Waals surface area contributed by atoms with Crippen LogP contribution in [0.2, 0.25) is 5.02 Å². The van der Waals surface area contributed by atoms with Crippen molar-refractivity contribution in [2.24, 2.45) is 0 Å². The lowest BCUT2D eigenvalue weighted by molar-refractivity contribution is 0.0697. The fraction of sp³-hybridized carbons (Fsp3) is 0.316. The van der Waals surface area contributed by atoms with Crippen LogP contribution in [0.3, 0.4) is 0 Å². The molecule has 2 aromatic carbocycles. The molecule has 2 N–H and O–H groups in total. The van der Waals surface area contributed by atoms with Gasteiger partial charge in [0.05, 0.1) is 31.6 Å². The first-order valence-electron chi connectivity index (χ1n) is 8.04. The number of carbonyl (C=O) groups is 1. The fourth-order valence-electron chi connectivity index (χ4n) is 2.39. The molecule has 0 atom stereocenters. The van der Waals surface area contributed by atoms with Crippen molar-refractivity contribution in [3.8, 4) is 17.2 Å². The predicted octanol–water partition coefficient (Wildman–Crippen LogP) is 4.45. The number of rotatable bonds is 8. The van der Waals surface area contributed by atoms with Crippen LogP contribution in [0.15, 0.2) is 30.3 Å². The summed E-state index contributed by atoms with van der Waals surface area (Å²) in [4.78, 5) is 11.2. The van der Waals surface area contributed by atoms with Gasteiger partial charge in [0.15, 0.2) is 11.5 Å². The number of anilines is 1. The highest BCUT2D eigenvalue weighted by Gasteiger charge is 2.13. The molecular formula is C19H22ClNO5. The van der Waals surface area contributed by atoms with E-state index in [-0.39, 0.29) is 11.7 Å². The van der Waals surface area contributed by atoms with Gasteiger partial charge in [0.25, 0.3) is 0 Å². The van der Waals surface area contributed by atoms with Crippen LogP contribution in [0, 0.1) is 0 Å². The summed E-state index contributed by atoms with van der Waals surface area (Å²) >= 11 is 6.36. The van der Waals surface area contributed by atoms with Gasteiger partial charge in [-0.05, 0) is 43.7 Å². The van der Waals surface area contributed by atoms with E-state index in [4.69, 9.17) is 30.9 Å². The molecule has 0 aliphatic carbocycles. The molecule has 140 valence electrons. The summed E-state index contributed by atoms with van der Waals surface area (Å²) in [6.07, 6.45) is -0.00744. The van der Waals surface area contributed by atoms with E-state index in [0.717, 1.165) is 5.56 Å². The van der Waals surface area contributed by atoms with Gasteiger partial charge in [-0.2, -0.15) is 0 Å². The zero-order chi connectivity index (χ0) is 19.3. The molecule has 0 unspecified atom stereocenters. The number of nitrogens with one attached hydrogen (secondary N) is 1. The van der Waals surface area contributed by atoms with Gasteiger partial charge in [-0.1, -0.05) is 11.6 Å². The molecular weight excluding hydrogens is 358 g/mol. The largest absolute Gasteiger partial charge is 0.495 e. The lowest BCUT2D eigenvalue weighted by Crippen LogP contribution is -2.08. The molecule has 7 heteroatoms. The maximum Gasteiger partial charge on any atom is 0.335 e. The van der Waals surface area contributed by atoms with Gasteiger partial charge in [-0.3, -0.25) is 0 Å². The van der Waals surface area contributed by atoms with Crippen LogP contribution >= 0.6 is 11.6 Å². The summed E-state index contributed by atoms with van der Waals surface area (Å²) in [5.41, 5.74) is 1.50. The first kappa shape index (κ1) is 19.7. The third kappa shape index (κ3) is 4.73. The SMILES string of the molecule is COc1ccc(C(=O)O)cc1NCc1cc(OC)c(OC(C)C)cc1Cl. The third-order valence-electron chi connectivity index (χ3n) is 3.61. The summed E-state index contributed by atoms with van der Waals surface area (Å²) in [6.45, 7) is 4.20. The Morgan fingerprint density at radius 1 is 1.12 bits per heavy atom. The smallest absolute Gasteiger partial charge is 0.335 e. The number of carboxylic acid groups (broad SMARTS) is 1. The minimum atomic E-state index is -1.01. The zero-order valence-electron chi connectivity index (χ0n) is 15.1. The highest BCUT2D eigenvalue weighted by molar-refractivity contribution is 6.31. The molecule has 0 fully saturated rings. The molecule has 0 bridgehead atoms. The van der Waals surface area contributed by atoms with Crippen molar-refractivity contribution < 1.29 is 24.1 Å². The summed E-state index contributed by atoms with van der Waals surface area (Å²) in [7, 11) is 3.09. The lowest BCUT2D eigenvalue weighted by Gasteiger charge is -2.17. The van der Waals surface area contributed by atoms with Crippen molar-refractivity contribution in [1.82, 2.24) is 0 Å². The van der Waals surface area contributed by atoms with Crippen molar-refractivity contribution in [2.45, 2.75) is 26.5 Å².